The maximum absolute atomic E-state index is 12.0. The minimum atomic E-state index is -3.76. The molecule has 0 radical (unpaired) electrons. The fourth-order valence-electron chi connectivity index (χ4n) is 3.44. The zero-order chi connectivity index (χ0) is 35.2. The van der Waals surface area contributed by atoms with E-state index in [4.69, 9.17) is 61.0 Å². The average molecular weight is 727 g/mol. The lowest BCUT2D eigenvalue weighted by Gasteiger charge is -2.09. The highest BCUT2D eigenvalue weighted by Crippen LogP contribution is 2.10. The molecular formula is C33H58O15S. The Kier molecular flexibility index (Phi) is 33.5. The molecule has 0 saturated heterocycles. The van der Waals surface area contributed by atoms with Gasteiger partial charge in [0.05, 0.1) is 170 Å². The van der Waals surface area contributed by atoms with Crippen LogP contribution in [0.3, 0.4) is 0 Å². The van der Waals surface area contributed by atoms with Gasteiger partial charge in [0.1, 0.15) is 0 Å². The predicted octanol–water partition coefficient (Wildman–Crippen LogP) is 1.78. The summed E-state index contributed by atoms with van der Waals surface area (Å²) in [6, 6.07) is 7.97. The van der Waals surface area contributed by atoms with E-state index in [1.165, 1.54) is 12.1 Å². The number of hydrogen-bond acceptors (Lipinski definition) is 15. The molecule has 0 aliphatic heterocycles. The maximum Gasteiger partial charge on any atom is 0.297 e. The fourth-order valence-corrected chi connectivity index (χ4v) is 4.36. The molecule has 0 fully saturated rings. The number of rotatable bonds is 40. The largest absolute Gasteiger partial charge is 0.377 e. The number of benzene rings is 1. The van der Waals surface area contributed by atoms with Gasteiger partial charge in [-0.2, -0.15) is 8.42 Å². The second kappa shape index (κ2) is 36.2. The van der Waals surface area contributed by atoms with Crippen LogP contribution < -0.4 is 0 Å². The highest BCUT2D eigenvalue weighted by Gasteiger charge is 2.13. The molecule has 0 aromatic heterocycles. The quantitative estimate of drug-likeness (QED) is 0.0548. The number of ether oxygens (including phenoxy) is 12. The summed E-state index contributed by atoms with van der Waals surface area (Å²) in [6.45, 7) is 14.7. The van der Waals surface area contributed by atoms with E-state index in [2.05, 4.69) is 6.58 Å². The third-order valence-corrected chi connectivity index (χ3v) is 7.15. The Bertz CT molecular complexity index is 924. The van der Waals surface area contributed by atoms with E-state index in [9.17, 15) is 8.42 Å². The fraction of sp³-hybridized carbons (Fsp3) is 0.758. The van der Waals surface area contributed by atoms with Gasteiger partial charge in [-0.1, -0.05) is 24.3 Å². The smallest absolute Gasteiger partial charge is 0.297 e. The Balaban J connectivity index is 1.65. The monoisotopic (exact) mass is 726 g/mol. The Morgan fingerprint density at radius 1 is 0.388 bits per heavy atom. The summed E-state index contributed by atoms with van der Waals surface area (Å²) in [7, 11) is -3.76. The van der Waals surface area contributed by atoms with Crippen molar-refractivity contribution in [1.82, 2.24) is 0 Å². The molecular weight excluding hydrogens is 668 g/mol. The molecule has 15 nitrogen and oxygen atoms in total. The Labute approximate surface area is 292 Å². The van der Waals surface area contributed by atoms with Gasteiger partial charge in [-0.25, -0.2) is 0 Å². The van der Waals surface area contributed by atoms with Crippen molar-refractivity contribution in [3.05, 3.63) is 43.0 Å². The van der Waals surface area contributed by atoms with E-state index in [0.717, 1.165) is 0 Å². The van der Waals surface area contributed by atoms with E-state index in [0.29, 0.717) is 152 Å². The van der Waals surface area contributed by atoms with Crippen molar-refractivity contribution in [2.24, 2.45) is 0 Å². The van der Waals surface area contributed by atoms with Gasteiger partial charge in [0.15, 0.2) is 0 Å². The van der Waals surface area contributed by atoms with Crippen LogP contribution in [0, 0.1) is 0 Å². The van der Waals surface area contributed by atoms with Crippen LogP contribution >= 0.6 is 0 Å². The summed E-state index contributed by atoms with van der Waals surface area (Å²) in [6.07, 6.45) is 1.71. The van der Waals surface area contributed by atoms with Gasteiger partial charge in [-0.15, -0.1) is 6.58 Å². The standard InChI is InChI=1S/C33H58O15S/c1-2-8-36-9-10-37-11-12-38-13-14-39-15-16-40-17-18-41-19-20-42-21-22-43-23-24-44-25-26-45-27-28-46-29-30-47-31-32-48-49(34,35)33-6-4-3-5-7-33/h2-7H,1,8-32H2. The summed E-state index contributed by atoms with van der Waals surface area (Å²) in [5, 5.41) is 0. The molecule has 0 aliphatic carbocycles. The molecule has 0 N–H and O–H groups in total. The van der Waals surface area contributed by atoms with E-state index in [-0.39, 0.29) is 18.1 Å². The van der Waals surface area contributed by atoms with E-state index in [1.54, 1.807) is 24.3 Å². The molecule has 0 aliphatic rings. The first-order chi connectivity index (χ1) is 24.2. The Morgan fingerprint density at radius 2 is 0.633 bits per heavy atom. The number of hydrogen-bond donors (Lipinski definition) is 0. The topological polar surface area (TPSA) is 154 Å². The Morgan fingerprint density at radius 3 is 0.898 bits per heavy atom. The average Bonchev–Trinajstić information content (AvgIpc) is 3.11. The first-order valence-electron chi connectivity index (χ1n) is 16.6. The van der Waals surface area contributed by atoms with Crippen LogP contribution in [0.15, 0.2) is 47.9 Å². The van der Waals surface area contributed by atoms with Crippen molar-refractivity contribution < 1.29 is 69.4 Å². The molecule has 0 bridgehead atoms. The van der Waals surface area contributed by atoms with Crippen molar-refractivity contribution in [1.29, 1.82) is 0 Å². The van der Waals surface area contributed by atoms with Gasteiger partial charge < -0.3 is 56.8 Å². The Hall–Kier alpha value is -1.61. The van der Waals surface area contributed by atoms with Crippen LogP contribution in [0.1, 0.15) is 0 Å². The molecule has 1 aromatic carbocycles. The molecule has 1 aromatic rings. The van der Waals surface area contributed by atoms with Crippen molar-refractivity contribution in [2.45, 2.75) is 4.90 Å². The van der Waals surface area contributed by atoms with Crippen LogP contribution in [0.2, 0.25) is 0 Å². The molecule has 49 heavy (non-hydrogen) atoms. The first kappa shape index (κ1) is 45.4. The van der Waals surface area contributed by atoms with Gasteiger partial charge in [-0.3, -0.25) is 4.18 Å². The van der Waals surface area contributed by atoms with Crippen molar-refractivity contribution in [3.8, 4) is 0 Å². The maximum atomic E-state index is 12.0. The van der Waals surface area contributed by atoms with Gasteiger partial charge in [0.2, 0.25) is 0 Å². The molecule has 0 amide bonds. The second-order valence-corrected chi connectivity index (χ2v) is 11.3. The lowest BCUT2D eigenvalue weighted by Crippen LogP contribution is -2.16. The minimum Gasteiger partial charge on any atom is -0.377 e. The molecule has 0 unspecified atom stereocenters. The van der Waals surface area contributed by atoms with Crippen LogP contribution in [0.4, 0.5) is 0 Å². The van der Waals surface area contributed by atoms with E-state index < -0.39 is 10.1 Å². The molecule has 0 heterocycles. The second-order valence-electron chi connectivity index (χ2n) is 9.69. The predicted molar refractivity (Wildman–Crippen MR) is 180 cm³/mol. The molecule has 16 heteroatoms. The van der Waals surface area contributed by atoms with Crippen LogP contribution in [-0.4, -0.2) is 174 Å². The molecule has 0 spiro atoms. The van der Waals surface area contributed by atoms with Crippen molar-refractivity contribution in [3.63, 3.8) is 0 Å². The van der Waals surface area contributed by atoms with Crippen molar-refractivity contribution in [2.75, 3.05) is 165 Å². The summed E-state index contributed by atoms with van der Waals surface area (Å²) >= 11 is 0. The normalized spacial score (nSPS) is 11.8. The zero-order valence-electron chi connectivity index (χ0n) is 28.9. The van der Waals surface area contributed by atoms with Gasteiger partial charge in [0, 0.05) is 0 Å². The van der Waals surface area contributed by atoms with Crippen molar-refractivity contribution >= 4 is 10.1 Å². The highest BCUT2D eigenvalue weighted by atomic mass is 32.2. The van der Waals surface area contributed by atoms with Crippen LogP contribution in [-0.2, 0) is 71.1 Å². The third-order valence-electron chi connectivity index (χ3n) is 5.83. The zero-order valence-corrected chi connectivity index (χ0v) is 29.7. The lowest BCUT2D eigenvalue weighted by atomic mass is 10.4. The molecule has 0 atom stereocenters. The summed E-state index contributed by atoms with van der Waals surface area (Å²) in [4.78, 5) is 0.119. The summed E-state index contributed by atoms with van der Waals surface area (Å²) in [5.74, 6) is 0. The van der Waals surface area contributed by atoms with Crippen LogP contribution in [0.5, 0.6) is 0 Å². The lowest BCUT2D eigenvalue weighted by molar-refractivity contribution is -0.0283. The highest BCUT2D eigenvalue weighted by molar-refractivity contribution is 7.86. The first-order valence-corrected chi connectivity index (χ1v) is 18.1. The van der Waals surface area contributed by atoms with Gasteiger partial charge >= 0.3 is 0 Å². The third kappa shape index (κ3) is 32.1. The summed E-state index contributed by atoms with van der Waals surface area (Å²) in [5.41, 5.74) is 0. The van der Waals surface area contributed by atoms with Crippen LogP contribution in [0.25, 0.3) is 0 Å². The van der Waals surface area contributed by atoms with E-state index in [1.807, 2.05) is 0 Å². The SMILES string of the molecule is C=CCOCCOCCOCCOCCOCCOCCOCCOCCOCCOCCOCCOCCOS(=O)(=O)c1ccccc1. The minimum absolute atomic E-state index is 0.0602. The molecule has 286 valence electrons. The van der Waals surface area contributed by atoms with Gasteiger partial charge in [0.25, 0.3) is 10.1 Å². The van der Waals surface area contributed by atoms with E-state index >= 15 is 0 Å². The van der Waals surface area contributed by atoms with Gasteiger partial charge in [-0.05, 0) is 12.1 Å². The summed E-state index contributed by atoms with van der Waals surface area (Å²) < 4.78 is 93.8. The molecule has 0 saturated carbocycles. The molecule has 1 rings (SSSR count).